The topological polar surface area (TPSA) is 61.4 Å². The van der Waals surface area contributed by atoms with Crippen LogP contribution < -0.4 is 10.2 Å². The Morgan fingerprint density at radius 3 is 2.81 bits per heavy atom. The number of piperidine rings is 2. The van der Waals surface area contributed by atoms with Gasteiger partial charge in [0.05, 0.1) is 6.20 Å². The summed E-state index contributed by atoms with van der Waals surface area (Å²) in [5.41, 5.74) is 0.117. The van der Waals surface area contributed by atoms with E-state index in [9.17, 15) is 9.18 Å². The Kier molecular flexibility index (Phi) is 4.71. The molecule has 3 aliphatic rings. The minimum atomic E-state index is -0.432. The lowest BCUT2D eigenvalue weighted by Gasteiger charge is -2.49. The van der Waals surface area contributed by atoms with Crippen LogP contribution in [0.1, 0.15) is 51.4 Å². The fourth-order valence-electron chi connectivity index (χ4n) is 4.99. The fraction of sp³-hybridized carbons (Fsp3) is 0.737. The molecule has 3 heterocycles. The van der Waals surface area contributed by atoms with Crippen LogP contribution in [0.25, 0.3) is 0 Å². The van der Waals surface area contributed by atoms with Crippen LogP contribution in [-0.4, -0.2) is 53.5 Å². The van der Waals surface area contributed by atoms with E-state index in [1.165, 1.54) is 19.0 Å². The molecule has 1 aromatic heterocycles. The van der Waals surface area contributed by atoms with Gasteiger partial charge in [-0.1, -0.05) is 12.8 Å². The summed E-state index contributed by atoms with van der Waals surface area (Å²) in [6.07, 6.45) is 9.80. The molecule has 1 aromatic rings. The monoisotopic (exact) mass is 361 g/mol. The number of nitrogens with one attached hydrogen (secondary N) is 1. The maximum atomic E-state index is 13.7. The van der Waals surface area contributed by atoms with Gasteiger partial charge in [0.15, 0.2) is 11.6 Å². The maximum Gasteiger partial charge on any atom is 0.227 e. The first-order valence-electron chi connectivity index (χ1n) is 9.85. The molecule has 26 heavy (non-hydrogen) atoms. The number of halogens is 1. The Morgan fingerprint density at radius 1 is 1.23 bits per heavy atom. The number of carbonyl (C=O) groups is 1. The molecule has 6 nitrogen and oxygen atoms in total. The second-order valence-electron chi connectivity index (χ2n) is 8.10. The quantitative estimate of drug-likeness (QED) is 0.897. The average Bonchev–Trinajstić information content (AvgIpc) is 3.19. The Labute approximate surface area is 154 Å². The zero-order valence-corrected chi connectivity index (χ0v) is 15.5. The first-order valence-corrected chi connectivity index (χ1v) is 9.85. The SMILES string of the molecule is CNc1nc(N2CCC[C@@]3(CCC(=O)N(C4CCCC4)C3)C2)ncc1F. The molecule has 7 heteroatoms. The van der Waals surface area contributed by atoms with Crippen molar-refractivity contribution in [1.82, 2.24) is 14.9 Å². The van der Waals surface area contributed by atoms with Crippen molar-refractivity contribution in [2.45, 2.75) is 57.4 Å². The van der Waals surface area contributed by atoms with E-state index in [-0.39, 0.29) is 11.2 Å². The predicted octanol–water partition coefficient (Wildman–Crippen LogP) is 2.81. The van der Waals surface area contributed by atoms with Crippen LogP contribution in [0.3, 0.4) is 0 Å². The standard InChI is InChI=1S/C19H28FN5O/c1-21-17-15(20)11-22-18(23-17)24-10-4-8-19(12-24)9-7-16(26)25(13-19)14-5-2-3-6-14/h11,14H,2-10,12-13H2,1H3,(H,21,22,23)/t19-/m1/s1. The van der Waals surface area contributed by atoms with Gasteiger partial charge < -0.3 is 15.1 Å². The number of aromatic nitrogens is 2. The van der Waals surface area contributed by atoms with Crippen molar-refractivity contribution < 1.29 is 9.18 Å². The highest BCUT2D eigenvalue weighted by molar-refractivity contribution is 5.77. The first-order chi connectivity index (χ1) is 12.6. The molecule has 1 spiro atoms. The Balaban J connectivity index is 1.53. The summed E-state index contributed by atoms with van der Waals surface area (Å²) in [7, 11) is 1.67. The summed E-state index contributed by atoms with van der Waals surface area (Å²) in [5, 5.41) is 2.79. The zero-order valence-electron chi connectivity index (χ0n) is 15.5. The van der Waals surface area contributed by atoms with Crippen LogP contribution in [0, 0.1) is 11.2 Å². The third-order valence-corrected chi connectivity index (χ3v) is 6.37. The van der Waals surface area contributed by atoms with Crippen molar-refractivity contribution in [1.29, 1.82) is 0 Å². The molecule has 0 aromatic carbocycles. The molecule has 0 unspecified atom stereocenters. The van der Waals surface area contributed by atoms with Crippen molar-refractivity contribution in [3.8, 4) is 0 Å². The number of likely N-dealkylation sites (tertiary alicyclic amines) is 1. The summed E-state index contributed by atoms with van der Waals surface area (Å²) < 4.78 is 13.7. The smallest absolute Gasteiger partial charge is 0.227 e. The lowest BCUT2D eigenvalue weighted by molar-refractivity contribution is -0.140. The molecule has 1 N–H and O–H groups in total. The Morgan fingerprint density at radius 2 is 2.04 bits per heavy atom. The van der Waals surface area contributed by atoms with Crippen LogP contribution >= 0.6 is 0 Å². The summed E-state index contributed by atoms with van der Waals surface area (Å²) >= 11 is 0. The van der Waals surface area contributed by atoms with Gasteiger partial charge in [-0.15, -0.1) is 0 Å². The van der Waals surface area contributed by atoms with Crippen LogP contribution in [0.2, 0.25) is 0 Å². The highest BCUT2D eigenvalue weighted by Crippen LogP contribution is 2.41. The normalized spacial score (nSPS) is 27.4. The molecular formula is C19H28FN5O. The first kappa shape index (κ1) is 17.5. The van der Waals surface area contributed by atoms with Crippen molar-refractivity contribution in [2.75, 3.05) is 36.9 Å². The van der Waals surface area contributed by atoms with Crippen LogP contribution in [0.15, 0.2) is 6.20 Å². The number of hydrogen-bond acceptors (Lipinski definition) is 5. The largest absolute Gasteiger partial charge is 0.371 e. The van der Waals surface area contributed by atoms with E-state index in [4.69, 9.17) is 0 Å². The second-order valence-corrected chi connectivity index (χ2v) is 8.10. The molecule has 0 bridgehead atoms. The number of rotatable bonds is 3. The van der Waals surface area contributed by atoms with Crippen LogP contribution in [0.4, 0.5) is 16.2 Å². The molecule has 1 amide bonds. The maximum absolute atomic E-state index is 13.7. The Hall–Kier alpha value is -1.92. The molecule has 3 fully saturated rings. The summed E-state index contributed by atoms with van der Waals surface area (Å²) in [4.78, 5) is 25.4. The second kappa shape index (κ2) is 7.00. The summed E-state index contributed by atoms with van der Waals surface area (Å²) in [6.45, 7) is 2.58. The van der Waals surface area contributed by atoms with Gasteiger partial charge in [-0.05, 0) is 32.1 Å². The summed E-state index contributed by atoms with van der Waals surface area (Å²) in [5.74, 6) is 0.717. The lowest BCUT2D eigenvalue weighted by atomic mass is 9.73. The zero-order chi connectivity index (χ0) is 18.1. The molecule has 142 valence electrons. The van der Waals surface area contributed by atoms with E-state index in [2.05, 4.69) is 25.1 Å². The lowest BCUT2D eigenvalue weighted by Crippen LogP contribution is -2.56. The van der Waals surface area contributed by atoms with Gasteiger partial charge in [-0.3, -0.25) is 4.79 Å². The highest BCUT2D eigenvalue weighted by Gasteiger charge is 2.44. The van der Waals surface area contributed by atoms with Gasteiger partial charge in [-0.25, -0.2) is 9.37 Å². The molecule has 1 atom stereocenters. The van der Waals surface area contributed by atoms with Crippen molar-refractivity contribution >= 4 is 17.7 Å². The van der Waals surface area contributed by atoms with Gasteiger partial charge in [0.1, 0.15) is 0 Å². The molecule has 1 aliphatic carbocycles. The molecular weight excluding hydrogens is 333 g/mol. The van der Waals surface area contributed by atoms with E-state index in [1.807, 2.05) is 0 Å². The van der Waals surface area contributed by atoms with Crippen LogP contribution in [-0.2, 0) is 4.79 Å². The van der Waals surface area contributed by atoms with Crippen molar-refractivity contribution in [3.63, 3.8) is 0 Å². The minimum absolute atomic E-state index is 0.117. The number of nitrogens with zero attached hydrogens (tertiary/aromatic N) is 4. The van der Waals surface area contributed by atoms with E-state index >= 15 is 0 Å². The molecule has 4 rings (SSSR count). The number of carbonyl (C=O) groups excluding carboxylic acids is 1. The molecule has 2 aliphatic heterocycles. The number of hydrogen-bond donors (Lipinski definition) is 1. The molecule has 0 radical (unpaired) electrons. The average molecular weight is 361 g/mol. The number of amides is 1. The summed E-state index contributed by atoms with van der Waals surface area (Å²) in [6, 6.07) is 0.438. The minimum Gasteiger partial charge on any atom is -0.371 e. The molecule has 1 saturated carbocycles. The van der Waals surface area contributed by atoms with Gasteiger partial charge in [0.2, 0.25) is 11.9 Å². The third-order valence-electron chi connectivity index (χ3n) is 6.37. The number of anilines is 2. The van der Waals surface area contributed by atoms with Gasteiger partial charge in [0, 0.05) is 44.6 Å². The fourth-order valence-corrected chi connectivity index (χ4v) is 4.99. The van der Waals surface area contributed by atoms with Gasteiger partial charge >= 0.3 is 0 Å². The van der Waals surface area contributed by atoms with Gasteiger partial charge in [-0.2, -0.15) is 4.98 Å². The van der Waals surface area contributed by atoms with E-state index in [0.29, 0.717) is 24.3 Å². The van der Waals surface area contributed by atoms with Crippen molar-refractivity contribution in [2.24, 2.45) is 5.41 Å². The van der Waals surface area contributed by atoms with Gasteiger partial charge in [0.25, 0.3) is 0 Å². The highest BCUT2D eigenvalue weighted by atomic mass is 19.1. The predicted molar refractivity (Wildman–Crippen MR) is 98.6 cm³/mol. The van der Waals surface area contributed by atoms with Crippen LogP contribution in [0.5, 0.6) is 0 Å². The molecule has 2 saturated heterocycles. The van der Waals surface area contributed by atoms with Crippen molar-refractivity contribution in [3.05, 3.63) is 12.0 Å². The Bertz CT molecular complexity index is 678. The van der Waals surface area contributed by atoms with E-state index in [1.54, 1.807) is 7.05 Å². The van der Waals surface area contributed by atoms with E-state index < -0.39 is 5.82 Å². The van der Waals surface area contributed by atoms with E-state index in [0.717, 1.165) is 51.7 Å². The third kappa shape index (κ3) is 3.23.